The quantitative estimate of drug-likeness (QED) is 0.541. The van der Waals surface area contributed by atoms with Crippen LogP contribution in [0.1, 0.15) is 40.0 Å². The van der Waals surface area contributed by atoms with Gasteiger partial charge in [-0.15, -0.1) is 12.6 Å². The van der Waals surface area contributed by atoms with Crippen molar-refractivity contribution >= 4 is 23.7 Å². The Bertz CT molecular complexity index is 216. The second-order valence-electron chi connectivity index (χ2n) is 3.80. The van der Waals surface area contributed by atoms with Gasteiger partial charge in [0.2, 0.25) is 0 Å². The highest BCUT2D eigenvalue weighted by atomic mass is 32.1. The summed E-state index contributed by atoms with van der Waals surface area (Å²) in [6.07, 6.45) is 2.73. The van der Waals surface area contributed by atoms with Crippen LogP contribution in [0.15, 0.2) is 0 Å². The van der Waals surface area contributed by atoms with Crippen LogP contribution in [-0.4, -0.2) is 17.7 Å². The molecule has 0 amide bonds. The second kappa shape index (κ2) is 7.74. The lowest BCUT2D eigenvalue weighted by Crippen LogP contribution is -2.19. The molecule has 88 valence electrons. The standard InChI is InChI=1S/C11H20O3S/c1-4-5-10(8(2)11(13)15)6-7-14-9(3)12/h8,10H,4-7H2,1-3H3,(H,13,15). The number of hydrogen-bond donors (Lipinski definition) is 1. The molecule has 0 spiro atoms. The van der Waals surface area contributed by atoms with Gasteiger partial charge < -0.3 is 4.74 Å². The lowest BCUT2D eigenvalue weighted by molar-refractivity contribution is -0.141. The summed E-state index contributed by atoms with van der Waals surface area (Å²) < 4.78 is 4.87. The van der Waals surface area contributed by atoms with E-state index in [1.165, 1.54) is 6.92 Å². The molecule has 3 nitrogen and oxygen atoms in total. The Hall–Kier alpha value is -0.510. The van der Waals surface area contributed by atoms with Crippen molar-refractivity contribution in [2.75, 3.05) is 6.61 Å². The molecule has 0 radical (unpaired) electrons. The summed E-state index contributed by atoms with van der Waals surface area (Å²) in [5.41, 5.74) is 0. The van der Waals surface area contributed by atoms with Crippen molar-refractivity contribution in [2.45, 2.75) is 40.0 Å². The predicted molar refractivity (Wildman–Crippen MR) is 62.8 cm³/mol. The fourth-order valence-corrected chi connectivity index (χ4v) is 1.78. The van der Waals surface area contributed by atoms with Gasteiger partial charge in [0, 0.05) is 12.8 Å². The number of esters is 1. The molecule has 2 unspecified atom stereocenters. The van der Waals surface area contributed by atoms with E-state index in [4.69, 9.17) is 4.74 Å². The van der Waals surface area contributed by atoms with Crippen molar-refractivity contribution in [3.63, 3.8) is 0 Å². The van der Waals surface area contributed by atoms with Crippen LogP contribution in [0.25, 0.3) is 0 Å². The average molecular weight is 232 g/mol. The maximum atomic E-state index is 11.1. The maximum Gasteiger partial charge on any atom is 0.302 e. The minimum absolute atomic E-state index is 0.0659. The highest BCUT2D eigenvalue weighted by Gasteiger charge is 2.20. The second-order valence-corrected chi connectivity index (χ2v) is 4.25. The van der Waals surface area contributed by atoms with Crippen LogP contribution in [0.4, 0.5) is 0 Å². The number of rotatable bonds is 7. The fourth-order valence-electron chi connectivity index (χ4n) is 1.57. The van der Waals surface area contributed by atoms with Crippen molar-refractivity contribution in [3.05, 3.63) is 0 Å². The van der Waals surface area contributed by atoms with Gasteiger partial charge in [0.25, 0.3) is 0 Å². The molecule has 0 saturated carbocycles. The first-order chi connectivity index (χ1) is 6.99. The van der Waals surface area contributed by atoms with E-state index in [0.29, 0.717) is 6.61 Å². The lowest BCUT2D eigenvalue weighted by Gasteiger charge is -2.20. The largest absolute Gasteiger partial charge is 0.466 e. The Morgan fingerprint density at radius 3 is 2.33 bits per heavy atom. The first-order valence-corrected chi connectivity index (χ1v) is 5.79. The SMILES string of the molecule is CCCC(CCOC(C)=O)C(C)C(=O)S. The Balaban J connectivity index is 4.03. The third kappa shape index (κ3) is 6.55. The molecule has 0 aromatic heterocycles. The van der Waals surface area contributed by atoms with E-state index < -0.39 is 0 Å². The van der Waals surface area contributed by atoms with Crippen molar-refractivity contribution in [1.29, 1.82) is 0 Å². The van der Waals surface area contributed by atoms with Crippen molar-refractivity contribution in [2.24, 2.45) is 11.8 Å². The van der Waals surface area contributed by atoms with Gasteiger partial charge in [0.05, 0.1) is 6.61 Å². The Labute approximate surface area is 97.0 Å². The average Bonchev–Trinajstić information content (AvgIpc) is 2.14. The van der Waals surface area contributed by atoms with E-state index in [0.717, 1.165) is 19.3 Å². The minimum Gasteiger partial charge on any atom is -0.466 e. The first-order valence-electron chi connectivity index (χ1n) is 5.35. The smallest absolute Gasteiger partial charge is 0.302 e. The topological polar surface area (TPSA) is 43.4 Å². The van der Waals surface area contributed by atoms with Crippen LogP contribution in [0.3, 0.4) is 0 Å². The van der Waals surface area contributed by atoms with E-state index in [1.807, 2.05) is 6.92 Å². The van der Waals surface area contributed by atoms with Gasteiger partial charge in [-0.1, -0.05) is 20.3 Å². The summed E-state index contributed by atoms with van der Waals surface area (Å²) in [6.45, 7) is 5.74. The molecule has 0 bridgehead atoms. The third-order valence-corrected chi connectivity index (χ3v) is 2.96. The monoisotopic (exact) mass is 232 g/mol. The molecule has 0 aliphatic rings. The molecule has 15 heavy (non-hydrogen) atoms. The van der Waals surface area contributed by atoms with Crippen LogP contribution in [0.2, 0.25) is 0 Å². The molecule has 0 aromatic rings. The summed E-state index contributed by atoms with van der Waals surface area (Å²) >= 11 is 3.84. The van der Waals surface area contributed by atoms with Gasteiger partial charge in [-0.3, -0.25) is 9.59 Å². The molecule has 0 heterocycles. The zero-order valence-electron chi connectivity index (χ0n) is 9.66. The first kappa shape index (κ1) is 14.5. The third-order valence-electron chi connectivity index (χ3n) is 2.55. The van der Waals surface area contributed by atoms with Crippen LogP contribution < -0.4 is 0 Å². The molecule has 4 heteroatoms. The summed E-state index contributed by atoms with van der Waals surface area (Å²) in [7, 11) is 0. The van der Waals surface area contributed by atoms with E-state index >= 15 is 0 Å². The Morgan fingerprint density at radius 1 is 1.33 bits per heavy atom. The number of thiol groups is 1. The molecule has 0 saturated heterocycles. The van der Waals surface area contributed by atoms with E-state index in [9.17, 15) is 9.59 Å². The van der Waals surface area contributed by atoms with E-state index in [1.54, 1.807) is 0 Å². The number of carbonyl (C=O) groups is 2. The van der Waals surface area contributed by atoms with Crippen LogP contribution in [0.5, 0.6) is 0 Å². The molecule has 0 aliphatic heterocycles. The Morgan fingerprint density at radius 2 is 1.93 bits per heavy atom. The van der Waals surface area contributed by atoms with Gasteiger partial charge in [-0.25, -0.2) is 0 Å². The van der Waals surface area contributed by atoms with Crippen LogP contribution in [0, 0.1) is 11.8 Å². The van der Waals surface area contributed by atoms with Crippen LogP contribution in [-0.2, 0) is 14.3 Å². The minimum atomic E-state index is -0.268. The van der Waals surface area contributed by atoms with E-state index in [-0.39, 0.29) is 22.9 Å². The summed E-state index contributed by atoms with van der Waals surface area (Å²) in [6, 6.07) is 0. The lowest BCUT2D eigenvalue weighted by atomic mass is 9.88. The van der Waals surface area contributed by atoms with Gasteiger partial charge >= 0.3 is 5.97 Å². The molecule has 2 atom stereocenters. The van der Waals surface area contributed by atoms with Gasteiger partial charge in [0.15, 0.2) is 5.12 Å². The van der Waals surface area contributed by atoms with Crippen molar-refractivity contribution < 1.29 is 14.3 Å². The highest BCUT2D eigenvalue weighted by Crippen LogP contribution is 2.23. The number of ether oxygens (including phenoxy) is 1. The summed E-state index contributed by atoms with van der Waals surface area (Å²) in [5, 5.41) is -0.0868. The molecule has 0 N–H and O–H groups in total. The van der Waals surface area contributed by atoms with Gasteiger partial charge in [0.1, 0.15) is 0 Å². The zero-order chi connectivity index (χ0) is 11.8. The number of carbonyl (C=O) groups excluding carboxylic acids is 2. The molecule has 0 aliphatic carbocycles. The fraction of sp³-hybridized carbons (Fsp3) is 0.818. The van der Waals surface area contributed by atoms with Gasteiger partial charge in [-0.2, -0.15) is 0 Å². The summed E-state index contributed by atoms with van der Waals surface area (Å²) in [5.74, 6) is -0.0710. The molecular formula is C11H20O3S. The highest BCUT2D eigenvalue weighted by molar-refractivity contribution is 7.96. The molecule has 0 aromatic carbocycles. The normalized spacial score (nSPS) is 14.4. The van der Waals surface area contributed by atoms with Crippen LogP contribution >= 0.6 is 12.6 Å². The molecule has 0 rings (SSSR count). The predicted octanol–water partition coefficient (Wildman–Crippen LogP) is 2.45. The maximum absolute atomic E-state index is 11.1. The Kier molecular flexibility index (Phi) is 7.48. The number of hydrogen-bond acceptors (Lipinski definition) is 3. The zero-order valence-corrected chi connectivity index (χ0v) is 10.5. The van der Waals surface area contributed by atoms with Crippen molar-refractivity contribution in [3.8, 4) is 0 Å². The molecular weight excluding hydrogens is 212 g/mol. The van der Waals surface area contributed by atoms with Crippen molar-refractivity contribution in [1.82, 2.24) is 0 Å². The van der Waals surface area contributed by atoms with Gasteiger partial charge in [-0.05, 0) is 18.8 Å². The summed E-state index contributed by atoms with van der Waals surface area (Å²) in [4.78, 5) is 21.7. The van der Waals surface area contributed by atoms with E-state index in [2.05, 4.69) is 19.6 Å². The molecule has 0 fully saturated rings.